The molecule has 2 rings (SSSR count). The summed E-state index contributed by atoms with van der Waals surface area (Å²) in [7, 11) is 0. The van der Waals surface area contributed by atoms with E-state index in [2.05, 4.69) is 15.5 Å². The molecule has 0 aromatic carbocycles. The number of pyridine rings is 1. The van der Waals surface area contributed by atoms with Crippen molar-refractivity contribution < 1.29 is 9.90 Å². The predicted molar refractivity (Wildman–Crippen MR) is 92.6 cm³/mol. The van der Waals surface area contributed by atoms with Crippen LogP contribution in [0.5, 0.6) is 0 Å². The zero-order valence-electron chi connectivity index (χ0n) is 15.0. The first-order chi connectivity index (χ1) is 11.2. The van der Waals surface area contributed by atoms with Crippen LogP contribution in [0.4, 0.5) is 4.79 Å². The maximum absolute atomic E-state index is 12.6. The summed E-state index contributed by atoms with van der Waals surface area (Å²) in [5, 5.41) is 21.4. The Morgan fingerprint density at radius 2 is 2.08 bits per heavy atom. The minimum atomic E-state index is -0.942. The number of aliphatic hydroxyl groups is 1. The van der Waals surface area contributed by atoms with Crippen LogP contribution in [0.2, 0.25) is 0 Å². The fourth-order valence-corrected chi connectivity index (χ4v) is 2.62. The van der Waals surface area contributed by atoms with Crippen LogP contribution in [-0.4, -0.2) is 49.3 Å². The highest BCUT2D eigenvalue weighted by molar-refractivity contribution is 5.74. The Balaban J connectivity index is 2.24. The molecule has 0 aliphatic carbocycles. The van der Waals surface area contributed by atoms with Gasteiger partial charge in [-0.1, -0.05) is 19.9 Å². The quantitative estimate of drug-likeness (QED) is 0.849. The van der Waals surface area contributed by atoms with Crippen molar-refractivity contribution in [1.29, 1.82) is 0 Å². The summed E-state index contributed by atoms with van der Waals surface area (Å²) >= 11 is 0. The minimum Gasteiger partial charge on any atom is -0.389 e. The Morgan fingerprint density at radius 1 is 1.38 bits per heavy atom. The van der Waals surface area contributed by atoms with Crippen molar-refractivity contribution in [2.45, 2.75) is 46.3 Å². The number of nitrogens with one attached hydrogen (secondary N) is 1. The molecular formula is C17H27N5O2. The van der Waals surface area contributed by atoms with Gasteiger partial charge in [-0.05, 0) is 38.8 Å². The molecule has 0 saturated carbocycles. The zero-order chi connectivity index (χ0) is 17.9. The summed E-state index contributed by atoms with van der Waals surface area (Å²) in [4.78, 5) is 14.2. The second-order valence-corrected chi connectivity index (χ2v) is 6.98. The SMILES string of the molecule is CCN(CC(C)(C)O)C(=O)NC(c1nnc2ccccn12)C(C)C. The van der Waals surface area contributed by atoms with E-state index in [9.17, 15) is 9.90 Å². The molecule has 1 unspecified atom stereocenters. The lowest BCUT2D eigenvalue weighted by Crippen LogP contribution is -2.48. The lowest BCUT2D eigenvalue weighted by Gasteiger charge is -2.30. The Bertz CT molecular complexity index is 690. The summed E-state index contributed by atoms with van der Waals surface area (Å²) in [5.74, 6) is 0.843. The summed E-state index contributed by atoms with van der Waals surface area (Å²) in [6.45, 7) is 10.1. The average Bonchev–Trinajstić information content (AvgIpc) is 2.92. The van der Waals surface area contributed by atoms with Crippen LogP contribution in [0.1, 0.15) is 46.5 Å². The van der Waals surface area contributed by atoms with Crippen LogP contribution >= 0.6 is 0 Å². The third-order valence-corrected chi connectivity index (χ3v) is 3.81. The van der Waals surface area contributed by atoms with Crippen LogP contribution in [0.3, 0.4) is 0 Å². The van der Waals surface area contributed by atoms with Gasteiger partial charge >= 0.3 is 6.03 Å². The molecule has 7 heteroatoms. The second-order valence-electron chi connectivity index (χ2n) is 6.98. The highest BCUT2D eigenvalue weighted by Crippen LogP contribution is 2.21. The molecule has 2 aromatic heterocycles. The van der Waals surface area contributed by atoms with E-state index >= 15 is 0 Å². The minimum absolute atomic E-state index is 0.141. The monoisotopic (exact) mass is 333 g/mol. The number of carbonyl (C=O) groups excluding carboxylic acids is 1. The first kappa shape index (κ1) is 18.2. The van der Waals surface area contributed by atoms with E-state index < -0.39 is 5.60 Å². The number of aromatic nitrogens is 3. The summed E-state index contributed by atoms with van der Waals surface area (Å²) in [5.41, 5.74) is -0.196. The van der Waals surface area contributed by atoms with Gasteiger partial charge in [0.2, 0.25) is 0 Å². The Morgan fingerprint density at radius 3 is 2.67 bits per heavy atom. The first-order valence-corrected chi connectivity index (χ1v) is 8.30. The van der Waals surface area contributed by atoms with Crippen molar-refractivity contribution in [2.24, 2.45) is 5.92 Å². The molecular weight excluding hydrogens is 306 g/mol. The number of hydrogen-bond acceptors (Lipinski definition) is 4. The number of hydrogen-bond donors (Lipinski definition) is 2. The van der Waals surface area contributed by atoms with Gasteiger partial charge in [-0.15, -0.1) is 10.2 Å². The second kappa shape index (κ2) is 7.17. The normalized spacial score (nSPS) is 13.3. The average molecular weight is 333 g/mol. The lowest BCUT2D eigenvalue weighted by atomic mass is 10.0. The highest BCUT2D eigenvalue weighted by atomic mass is 16.3. The van der Waals surface area contributed by atoms with Crippen molar-refractivity contribution in [2.75, 3.05) is 13.1 Å². The van der Waals surface area contributed by atoms with Gasteiger partial charge in [0.15, 0.2) is 11.5 Å². The molecule has 1 atom stereocenters. The van der Waals surface area contributed by atoms with Gasteiger partial charge in [0.1, 0.15) is 0 Å². The fourth-order valence-electron chi connectivity index (χ4n) is 2.62. The molecule has 132 valence electrons. The van der Waals surface area contributed by atoms with Gasteiger partial charge in [-0.25, -0.2) is 4.79 Å². The number of rotatable bonds is 6. The van der Waals surface area contributed by atoms with E-state index in [1.165, 1.54) is 0 Å². The van der Waals surface area contributed by atoms with Crippen molar-refractivity contribution in [1.82, 2.24) is 24.8 Å². The van der Waals surface area contributed by atoms with E-state index in [0.29, 0.717) is 12.4 Å². The van der Waals surface area contributed by atoms with Crippen molar-refractivity contribution in [3.63, 3.8) is 0 Å². The molecule has 7 nitrogen and oxygen atoms in total. The maximum atomic E-state index is 12.6. The number of carbonyl (C=O) groups is 1. The van der Waals surface area contributed by atoms with E-state index in [-0.39, 0.29) is 24.5 Å². The number of nitrogens with zero attached hydrogens (tertiary/aromatic N) is 4. The maximum Gasteiger partial charge on any atom is 0.318 e. The van der Waals surface area contributed by atoms with Crippen molar-refractivity contribution in [3.05, 3.63) is 30.2 Å². The molecule has 0 aliphatic heterocycles. The van der Waals surface area contributed by atoms with Crippen LogP contribution in [-0.2, 0) is 0 Å². The van der Waals surface area contributed by atoms with Gasteiger partial charge in [0, 0.05) is 12.7 Å². The lowest BCUT2D eigenvalue weighted by molar-refractivity contribution is 0.0472. The van der Waals surface area contributed by atoms with Gasteiger partial charge in [-0.2, -0.15) is 0 Å². The molecule has 0 saturated heterocycles. The first-order valence-electron chi connectivity index (χ1n) is 8.30. The molecule has 0 bridgehead atoms. The smallest absolute Gasteiger partial charge is 0.318 e. The van der Waals surface area contributed by atoms with Crippen molar-refractivity contribution >= 4 is 11.7 Å². The highest BCUT2D eigenvalue weighted by Gasteiger charge is 2.27. The van der Waals surface area contributed by atoms with Gasteiger partial charge < -0.3 is 15.3 Å². The van der Waals surface area contributed by atoms with E-state index in [0.717, 1.165) is 5.65 Å². The number of urea groups is 1. The van der Waals surface area contributed by atoms with E-state index in [4.69, 9.17) is 0 Å². The molecule has 2 aromatic rings. The van der Waals surface area contributed by atoms with Crippen LogP contribution in [0.25, 0.3) is 5.65 Å². The zero-order valence-corrected chi connectivity index (χ0v) is 15.0. The Kier molecular flexibility index (Phi) is 5.43. The number of amides is 2. The fraction of sp³-hybridized carbons (Fsp3) is 0.588. The van der Waals surface area contributed by atoms with Gasteiger partial charge in [-0.3, -0.25) is 4.40 Å². The third kappa shape index (κ3) is 4.23. The number of likely N-dealkylation sites (N-methyl/N-ethyl adjacent to an activating group) is 1. The molecule has 24 heavy (non-hydrogen) atoms. The summed E-state index contributed by atoms with van der Waals surface area (Å²) < 4.78 is 1.89. The number of fused-ring (bicyclic) bond motifs is 1. The Hall–Kier alpha value is -2.15. The van der Waals surface area contributed by atoms with Crippen LogP contribution < -0.4 is 5.32 Å². The third-order valence-electron chi connectivity index (χ3n) is 3.81. The topological polar surface area (TPSA) is 82.8 Å². The van der Waals surface area contributed by atoms with Crippen molar-refractivity contribution in [3.8, 4) is 0 Å². The van der Waals surface area contributed by atoms with Gasteiger partial charge in [0.25, 0.3) is 0 Å². The molecule has 0 fully saturated rings. The molecule has 2 heterocycles. The predicted octanol–water partition coefficient (Wildman–Crippen LogP) is 2.23. The molecule has 0 aliphatic rings. The largest absolute Gasteiger partial charge is 0.389 e. The van der Waals surface area contributed by atoms with E-state index in [1.807, 2.05) is 49.6 Å². The van der Waals surface area contributed by atoms with Crippen LogP contribution in [0.15, 0.2) is 24.4 Å². The van der Waals surface area contributed by atoms with E-state index in [1.54, 1.807) is 18.7 Å². The summed E-state index contributed by atoms with van der Waals surface area (Å²) in [6.07, 6.45) is 1.89. The summed E-state index contributed by atoms with van der Waals surface area (Å²) in [6, 6.07) is 5.20. The molecule has 0 radical (unpaired) electrons. The van der Waals surface area contributed by atoms with Gasteiger partial charge in [0.05, 0.1) is 18.2 Å². The Labute approximate surface area is 142 Å². The molecule has 0 spiro atoms. The van der Waals surface area contributed by atoms with Crippen LogP contribution in [0, 0.1) is 5.92 Å². The molecule has 2 amide bonds. The molecule has 2 N–H and O–H groups in total. The standard InChI is InChI=1S/C17H27N5O2/c1-6-21(11-17(4,5)24)16(23)18-14(12(2)3)15-20-19-13-9-7-8-10-22(13)15/h7-10,12,14,24H,6,11H2,1-5H3,(H,18,23).